The molecule has 0 aliphatic heterocycles. The molecule has 66 valence electrons. The Morgan fingerprint density at radius 3 is 2.77 bits per heavy atom. The lowest BCUT2D eigenvalue weighted by atomic mass is 10.4. The van der Waals surface area contributed by atoms with Gasteiger partial charge in [-0.05, 0) is 47.1 Å². The lowest BCUT2D eigenvalue weighted by Gasteiger charge is -2.06. The number of aromatic nitrogens is 2. The van der Waals surface area contributed by atoms with Crippen molar-refractivity contribution in [1.29, 1.82) is 0 Å². The molecule has 13 heavy (non-hydrogen) atoms. The second kappa shape index (κ2) is 3.34. The third kappa shape index (κ3) is 1.52. The van der Waals surface area contributed by atoms with E-state index in [1.807, 2.05) is 29.0 Å². The topological polar surface area (TPSA) is 17.8 Å². The smallest absolute Gasteiger partial charge is 0.151 e. The Labute approximate surface area is 85.4 Å². The van der Waals surface area contributed by atoms with E-state index in [1.165, 1.54) is 5.69 Å². The molecule has 0 radical (unpaired) electrons. The van der Waals surface area contributed by atoms with Crippen LogP contribution in [-0.4, -0.2) is 9.55 Å². The maximum absolute atomic E-state index is 4.30. The summed E-state index contributed by atoms with van der Waals surface area (Å²) in [7, 11) is 0. The second-order valence-electron chi connectivity index (χ2n) is 2.83. The van der Waals surface area contributed by atoms with Crippen LogP contribution in [0.4, 0.5) is 0 Å². The van der Waals surface area contributed by atoms with Crippen molar-refractivity contribution in [2.75, 3.05) is 0 Å². The van der Waals surface area contributed by atoms with Crippen molar-refractivity contribution in [3.63, 3.8) is 0 Å². The number of rotatable bonds is 1. The van der Waals surface area contributed by atoms with Gasteiger partial charge in [-0.3, -0.25) is 0 Å². The summed E-state index contributed by atoms with van der Waals surface area (Å²) in [6.07, 6.45) is 3.79. The van der Waals surface area contributed by atoms with Crippen molar-refractivity contribution in [2.45, 2.75) is 6.92 Å². The SMILES string of the molecule is Cc1cccn1-c1ncccc1Br. The summed E-state index contributed by atoms with van der Waals surface area (Å²) in [4.78, 5) is 4.30. The molecule has 2 nitrogen and oxygen atoms in total. The summed E-state index contributed by atoms with van der Waals surface area (Å²) in [5.41, 5.74) is 1.18. The van der Waals surface area contributed by atoms with Gasteiger partial charge in [0.15, 0.2) is 5.82 Å². The van der Waals surface area contributed by atoms with Gasteiger partial charge >= 0.3 is 0 Å². The summed E-state index contributed by atoms with van der Waals surface area (Å²) in [6, 6.07) is 7.96. The zero-order chi connectivity index (χ0) is 9.26. The van der Waals surface area contributed by atoms with E-state index in [9.17, 15) is 0 Å². The first-order valence-electron chi connectivity index (χ1n) is 4.04. The molecule has 3 heteroatoms. The molecule has 0 atom stereocenters. The summed E-state index contributed by atoms with van der Waals surface area (Å²) in [6.45, 7) is 2.06. The van der Waals surface area contributed by atoms with E-state index < -0.39 is 0 Å². The first-order valence-corrected chi connectivity index (χ1v) is 4.83. The zero-order valence-corrected chi connectivity index (χ0v) is 8.82. The predicted octanol–water partition coefficient (Wildman–Crippen LogP) is 2.94. The van der Waals surface area contributed by atoms with E-state index in [2.05, 4.69) is 33.9 Å². The number of hydrogen-bond acceptors (Lipinski definition) is 1. The number of nitrogens with zero attached hydrogens (tertiary/aromatic N) is 2. The van der Waals surface area contributed by atoms with Crippen LogP contribution in [0.25, 0.3) is 5.82 Å². The molecule has 0 saturated heterocycles. The number of hydrogen-bond donors (Lipinski definition) is 0. The molecule has 0 aliphatic carbocycles. The maximum atomic E-state index is 4.30. The van der Waals surface area contributed by atoms with E-state index in [1.54, 1.807) is 6.20 Å². The molecule has 2 aromatic rings. The number of pyridine rings is 1. The molecule has 0 aromatic carbocycles. The van der Waals surface area contributed by atoms with Gasteiger partial charge in [0.2, 0.25) is 0 Å². The molecular formula is C10H9BrN2. The van der Waals surface area contributed by atoms with Gasteiger partial charge in [-0.1, -0.05) is 0 Å². The first kappa shape index (κ1) is 8.51. The molecule has 2 rings (SSSR count). The van der Waals surface area contributed by atoms with Crippen LogP contribution in [0, 0.1) is 6.92 Å². The van der Waals surface area contributed by atoms with Crippen molar-refractivity contribution in [2.24, 2.45) is 0 Å². The van der Waals surface area contributed by atoms with E-state index in [4.69, 9.17) is 0 Å². The van der Waals surface area contributed by atoms with Crippen molar-refractivity contribution >= 4 is 15.9 Å². The van der Waals surface area contributed by atoms with Gasteiger partial charge in [-0.15, -0.1) is 0 Å². The van der Waals surface area contributed by atoms with Crippen LogP contribution in [0.2, 0.25) is 0 Å². The van der Waals surface area contributed by atoms with E-state index in [0.29, 0.717) is 0 Å². The highest BCUT2D eigenvalue weighted by Crippen LogP contribution is 2.19. The zero-order valence-electron chi connectivity index (χ0n) is 7.24. The summed E-state index contributed by atoms with van der Waals surface area (Å²) < 4.78 is 3.05. The highest BCUT2D eigenvalue weighted by atomic mass is 79.9. The Morgan fingerprint density at radius 2 is 2.15 bits per heavy atom. The lowest BCUT2D eigenvalue weighted by Crippen LogP contribution is -1.98. The standard InChI is InChI=1S/C10H9BrN2/c1-8-4-3-7-13(8)10-9(11)5-2-6-12-10/h2-7H,1H3. The van der Waals surface area contributed by atoms with E-state index in [-0.39, 0.29) is 0 Å². The summed E-state index contributed by atoms with van der Waals surface area (Å²) >= 11 is 3.47. The Kier molecular flexibility index (Phi) is 2.19. The molecule has 0 aliphatic rings. The highest BCUT2D eigenvalue weighted by molar-refractivity contribution is 9.10. The van der Waals surface area contributed by atoms with Crippen molar-refractivity contribution < 1.29 is 0 Å². The van der Waals surface area contributed by atoms with Gasteiger partial charge in [0.25, 0.3) is 0 Å². The normalized spacial score (nSPS) is 10.3. The van der Waals surface area contributed by atoms with Gasteiger partial charge < -0.3 is 4.57 Å². The average molecular weight is 237 g/mol. The van der Waals surface area contributed by atoms with Crippen LogP contribution in [0.1, 0.15) is 5.69 Å². The monoisotopic (exact) mass is 236 g/mol. The molecule has 0 saturated carbocycles. The number of aryl methyl sites for hydroxylation is 1. The fourth-order valence-electron chi connectivity index (χ4n) is 1.26. The Hall–Kier alpha value is -1.09. The molecule has 2 heterocycles. The van der Waals surface area contributed by atoms with Crippen LogP contribution < -0.4 is 0 Å². The van der Waals surface area contributed by atoms with Gasteiger partial charge in [0, 0.05) is 18.1 Å². The second-order valence-corrected chi connectivity index (χ2v) is 3.68. The highest BCUT2D eigenvalue weighted by Gasteiger charge is 2.03. The minimum atomic E-state index is 0.935. The Balaban J connectivity index is 2.59. The van der Waals surface area contributed by atoms with Crippen LogP contribution in [0.3, 0.4) is 0 Å². The van der Waals surface area contributed by atoms with Crippen LogP contribution in [0.5, 0.6) is 0 Å². The van der Waals surface area contributed by atoms with E-state index in [0.717, 1.165) is 10.3 Å². The van der Waals surface area contributed by atoms with Crippen molar-refractivity contribution in [3.8, 4) is 5.82 Å². The van der Waals surface area contributed by atoms with Gasteiger partial charge in [0.1, 0.15) is 0 Å². The van der Waals surface area contributed by atoms with Crippen LogP contribution in [-0.2, 0) is 0 Å². The Morgan fingerprint density at radius 1 is 1.31 bits per heavy atom. The molecular weight excluding hydrogens is 228 g/mol. The first-order chi connectivity index (χ1) is 6.29. The molecule has 0 spiro atoms. The summed E-state index contributed by atoms with van der Waals surface area (Å²) in [5.74, 6) is 0.935. The van der Waals surface area contributed by atoms with Crippen molar-refractivity contribution in [3.05, 3.63) is 46.8 Å². The van der Waals surface area contributed by atoms with Gasteiger partial charge in [-0.2, -0.15) is 0 Å². The van der Waals surface area contributed by atoms with Crippen LogP contribution >= 0.6 is 15.9 Å². The fourth-order valence-corrected chi connectivity index (χ4v) is 1.70. The third-order valence-electron chi connectivity index (χ3n) is 1.92. The molecule has 2 aromatic heterocycles. The number of halogens is 1. The molecule has 0 fully saturated rings. The van der Waals surface area contributed by atoms with Crippen LogP contribution in [0.15, 0.2) is 41.1 Å². The fraction of sp³-hybridized carbons (Fsp3) is 0.100. The molecule has 0 N–H and O–H groups in total. The maximum Gasteiger partial charge on any atom is 0.151 e. The van der Waals surface area contributed by atoms with E-state index >= 15 is 0 Å². The average Bonchev–Trinajstić information content (AvgIpc) is 2.52. The lowest BCUT2D eigenvalue weighted by molar-refractivity contribution is 0.954. The van der Waals surface area contributed by atoms with Gasteiger partial charge in [-0.25, -0.2) is 4.98 Å². The minimum absolute atomic E-state index is 0.935. The van der Waals surface area contributed by atoms with Crippen molar-refractivity contribution in [1.82, 2.24) is 9.55 Å². The Bertz CT molecular complexity index is 420. The minimum Gasteiger partial charge on any atom is -0.305 e. The third-order valence-corrected chi connectivity index (χ3v) is 2.54. The largest absolute Gasteiger partial charge is 0.305 e. The summed E-state index contributed by atoms with van der Waals surface area (Å²) in [5, 5.41) is 0. The predicted molar refractivity (Wildman–Crippen MR) is 56.0 cm³/mol. The van der Waals surface area contributed by atoms with Gasteiger partial charge in [0.05, 0.1) is 4.47 Å². The quantitative estimate of drug-likeness (QED) is 0.745. The molecule has 0 bridgehead atoms. The molecule has 0 amide bonds. The molecule has 0 unspecified atom stereocenters.